The van der Waals surface area contributed by atoms with Gasteiger partial charge in [-0.1, -0.05) is 23.7 Å². The van der Waals surface area contributed by atoms with Gasteiger partial charge in [-0.3, -0.25) is 4.79 Å². The van der Waals surface area contributed by atoms with Crippen LogP contribution in [-0.4, -0.2) is 5.97 Å². The Bertz CT molecular complexity index is 477. The summed E-state index contributed by atoms with van der Waals surface area (Å²) in [5, 5.41) is 4.57. The molecule has 0 saturated heterocycles. The Hall–Kier alpha value is -1.32. The van der Waals surface area contributed by atoms with Gasteiger partial charge in [-0.2, -0.15) is 11.3 Å². The van der Waals surface area contributed by atoms with E-state index in [0.29, 0.717) is 18.1 Å². The van der Waals surface area contributed by atoms with Gasteiger partial charge in [0.25, 0.3) is 0 Å². The van der Waals surface area contributed by atoms with Gasteiger partial charge < -0.3 is 4.74 Å². The molecule has 2 rings (SSSR count). The first kappa shape index (κ1) is 12.1. The average Bonchev–Trinajstić information content (AvgIpc) is 2.81. The lowest BCUT2D eigenvalue weighted by molar-refractivity contribution is -0.144. The lowest BCUT2D eigenvalue weighted by atomic mass is 10.2. The molecule has 88 valence electrons. The van der Waals surface area contributed by atoms with Crippen LogP contribution in [0.5, 0.6) is 0 Å². The van der Waals surface area contributed by atoms with E-state index in [1.807, 2.05) is 29.0 Å². The molecule has 0 saturated carbocycles. The molecule has 1 aromatic heterocycles. The van der Waals surface area contributed by atoms with E-state index in [4.69, 9.17) is 16.3 Å². The summed E-state index contributed by atoms with van der Waals surface area (Å²) in [7, 11) is 0. The largest absolute Gasteiger partial charge is 0.461 e. The predicted octanol–water partition coefficient (Wildman–Crippen LogP) is 3.69. The molecule has 17 heavy (non-hydrogen) atoms. The van der Waals surface area contributed by atoms with Crippen molar-refractivity contribution >= 4 is 28.9 Å². The van der Waals surface area contributed by atoms with E-state index in [1.54, 1.807) is 23.5 Å². The van der Waals surface area contributed by atoms with Crippen molar-refractivity contribution in [1.29, 1.82) is 0 Å². The van der Waals surface area contributed by atoms with Crippen LogP contribution in [-0.2, 0) is 22.6 Å². The van der Waals surface area contributed by atoms with Gasteiger partial charge in [-0.15, -0.1) is 0 Å². The highest BCUT2D eigenvalue weighted by Crippen LogP contribution is 2.11. The molecule has 1 heterocycles. The number of hydrogen-bond donors (Lipinski definition) is 0. The third-order valence-electron chi connectivity index (χ3n) is 2.24. The Labute approximate surface area is 109 Å². The van der Waals surface area contributed by atoms with E-state index in [1.165, 1.54) is 0 Å². The average molecular weight is 267 g/mol. The van der Waals surface area contributed by atoms with Gasteiger partial charge in [0.05, 0.1) is 6.42 Å². The van der Waals surface area contributed by atoms with E-state index in [0.717, 1.165) is 11.1 Å². The van der Waals surface area contributed by atoms with Gasteiger partial charge >= 0.3 is 5.97 Å². The maximum atomic E-state index is 11.5. The number of hydrogen-bond acceptors (Lipinski definition) is 3. The van der Waals surface area contributed by atoms with Crippen LogP contribution >= 0.6 is 22.9 Å². The molecule has 0 aliphatic heterocycles. The molecule has 0 fully saturated rings. The molecule has 0 aliphatic carbocycles. The van der Waals surface area contributed by atoms with Crippen molar-refractivity contribution < 1.29 is 9.53 Å². The number of halogens is 1. The fourth-order valence-electron chi connectivity index (χ4n) is 1.36. The zero-order valence-corrected chi connectivity index (χ0v) is 10.6. The molecule has 0 spiro atoms. The van der Waals surface area contributed by atoms with Gasteiger partial charge in [0.1, 0.15) is 6.61 Å². The van der Waals surface area contributed by atoms with Crippen molar-refractivity contribution in [1.82, 2.24) is 0 Å². The Morgan fingerprint density at radius 3 is 2.59 bits per heavy atom. The summed E-state index contributed by atoms with van der Waals surface area (Å²) in [4.78, 5) is 11.5. The molecule has 0 bridgehead atoms. The second-order valence-corrected chi connectivity index (χ2v) is 4.81. The number of carbonyl (C=O) groups is 1. The van der Waals surface area contributed by atoms with Crippen molar-refractivity contribution in [3.05, 3.63) is 57.2 Å². The molecule has 0 amide bonds. The van der Waals surface area contributed by atoms with E-state index >= 15 is 0 Å². The maximum Gasteiger partial charge on any atom is 0.310 e. The van der Waals surface area contributed by atoms with E-state index in [9.17, 15) is 4.79 Å². The molecule has 4 heteroatoms. The topological polar surface area (TPSA) is 26.3 Å². The second kappa shape index (κ2) is 5.84. The van der Waals surface area contributed by atoms with Crippen LogP contribution in [0.15, 0.2) is 41.1 Å². The Kier molecular flexibility index (Phi) is 4.18. The summed E-state index contributed by atoms with van der Waals surface area (Å²) in [6.07, 6.45) is 0.330. The first-order valence-electron chi connectivity index (χ1n) is 5.15. The number of carbonyl (C=O) groups excluding carboxylic acids is 1. The normalized spacial score (nSPS) is 10.2. The number of rotatable bonds is 4. The van der Waals surface area contributed by atoms with Crippen LogP contribution in [0.4, 0.5) is 0 Å². The first-order valence-corrected chi connectivity index (χ1v) is 6.47. The standard InChI is InChI=1S/C13H11ClO2S/c14-12-3-1-10(2-4-12)8-16-13(15)7-11-5-6-17-9-11/h1-6,9H,7-8H2. The van der Waals surface area contributed by atoms with Crippen LogP contribution in [0.1, 0.15) is 11.1 Å². The summed E-state index contributed by atoms with van der Waals surface area (Å²) in [5.74, 6) is -0.210. The Balaban J connectivity index is 1.82. The SMILES string of the molecule is O=C(Cc1ccsc1)OCc1ccc(Cl)cc1. The molecule has 0 aliphatic rings. The van der Waals surface area contributed by atoms with Crippen LogP contribution in [0, 0.1) is 0 Å². The molecule has 0 N–H and O–H groups in total. The Morgan fingerprint density at radius 2 is 1.94 bits per heavy atom. The fourth-order valence-corrected chi connectivity index (χ4v) is 2.15. The van der Waals surface area contributed by atoms with Gasteiger partial charge in [-0.05, 0) is 40.1 Å². The summed E-state index contributed by atoms with van der Waals surface area (Å²) in [6.45, 7) is 0.292. The molecule has 0 unspecified atom stereocenters. The molecule has 0 radical (unpaired) electrons. The van der Waals surface area contributed by atoms with Crippen LogP contribution in [0.3, 0.4) is 0 Å². The van der Waals surface area contributed by atoms with Crippen molar-refractivity contribution in [2.45, 2.75) is 13.0 Å². The number of ether oxygens (including phenoxy) is 1. The maximum absolute atomic E-state index is 11.5. The monoisotopic (exact) mass is 266 g/mol. The quantitative estimate of drug-likeness (QED) is 0.789. The highest BCUT2D eigenvalue weighted by Gasteiger charge is 2.05. The van der Waals surface area contributed by atoms with Crippen LogP contribution in [0.25, 0.3) is 0 Å². The van der Waals surface area contributed by atoms with Crippen LogP contribution in [0.2, 0.25) is 5.02 Å². The summed E-state index contributed by atoms with van der Waals surface area (Å²) >= 11 is 7.34. The van der Waals surface area contributed by atoms with Crippen molar-refractivity contribution in [2.75, 3.05) is 0 Å². The lowest BCUT2D eigenvalue weighted by Crippen LogP contribution is -2.07. The van der Waals surface area contributed by atoms with E-state index < -0.39 is 0 Å². The van der Waals surface area contributed by atoms with E-state index in [2.05, 4.69) is 0 Å². The van der Waals surface area contributed by atoms with Gasteiger partial charge in [-0.25, -0.2) is 0 Å². The smallest absolute Gasteiger partial charge is 0.310 e. The summed E-state index contributed by atoms with van der Waals surface area (Å²) < 4.78 is 5.16. The second-order valence-electron chi connectivity index (χ2n) is 3.60. The highest BCUT2D eigenvalue weighted by molar-refractivity contribution is 7.07. The minimum absolute atomic E-state index is 0.210. The summed E-state index contributed by atoms with van der Waals surface area (Å²) in [6, 6.07) is 9.18. The van der Waals surface area contributed by atoms with Crippen molar-refractivity contribution in [2.24, 2.45) is 0 Å². The number of thiophene rings is 1. The molecule has 2 aromatic rings. The number of benzene rings is 1. The van der Waals surface area contributed by atoms with Gasteiger partial charge in [0.2, 0.25) is 0 Å². The first-order chi connectivity index (χ1) is 8.24. The molecular formula is C13H11ClO2S. The van der Waals surface area contributed by atoms with Crippen LogP contribution < -0.4 is 0 Å². The third kappa shape index (κ3) is 3.88. The van der Waals surface area contributed by atoms with Gasteiger partial charge in [0, 0.05) is 5.02 Å². The minimum Gasteiger partial charge on any atom is -0.461 e. The van der Waals surface area contributed by atoms with Gasteiger partial charge in [0.15, 0.2) is 0 Å². The minimum atomic E-state index is -0.210. The Morgan fingerprint density at radius 1 is 1.18 bits per heavy atom. The lowest BCUT2D eigenvalue weighted by Gasteiger charge is -2.04. The molecule has 1 aromatic carbocycles. The number of esters is 1. The third-order valence-corrected chi connectivity index (χ3v) is 3.23. The summed E-state index contributed by atoms with van der Waals surface area (Å²) in [5.41, 5.74) is 1.93. The molecular weight excluding hydrogens is 256 g/mol. The predicted molar refractivity (Wildman–Crippen MR) is 69.3 cm³/mol. The zero-order chi connectivity index (χ0) is 12.1. The van der Waals surface area contributed by atoms with Crippen molar-refractivity contribution in [3.8, 4) is 0 Å². The van der Waals surface area contributed by atoms with Crippen molar-refractivity contribution in [3.63, 3.8) is 0 Å². The molecule has 2 nitrogen and oxygen atoms in total. The highest BCUT2D eigenvalue weighted by atomic mass is 35.5. The fraction of sp³-hybridized carbons (Fsp3) is 0.154. The molecule has 0 atom stereocenters. The van der Waals surface area contributed by atoms with E-state index in [-0.39, 0.29) is 5.97 Å². The zero-order valence-electron chi connectivity index (χ0n) is 9.06.